The Morgan fingerprint density at radius 1 is 1.56 bits per heavy atom. The molecule has 0 amide bonds. The maximum absolute atomic E-state index is 11.2. The lowest BCUT2D eigenvalue weighted by molar-refractivity contribution is 0.684. The fraction of sp³-hybridized carbons (Fsp3) is 0.364. The molecule has 4 nitrogen and oxygen atoms in total. The highest BCUT2D eigenvalue weighted by atomic mass is 32.2. The van der Waals surface area contributed by atoms with Gasteiger partial charge in [0.05, 0.1) is 5.56 Å². The van der Waals surface area contributed by atoms with Crippen LogP contribution in [0.25, 0.3) is 0 Å². The first kappa shape index (κ1) is 12.5. The van der Waals surface area contributed by atoms with Crippen LogP contribution in [0.1, 0.15) is 12.5 Å². The molecule has 0 saturated heterocycles. The number of hydrogen-bond acceptors (Lipinski definition) is 4. The number of hydrogen-bond donors (Lipinski definition) is 2. The van der Waals surface area contributed by atoms with Crippen molar-refractivity contribution in [3.63, 3.8) is 0 Å². The molecule has 1 rings (SSSR count). The lowest BCUT2D eigenvalue weighted by atomic mass is 10.2. The third kappa shape index (κ3) is 3.55. The molecule has 1 unspecified atom stereocenters. The van der Waals surface area contributed by atoms with Crippen LogP contribution in [0.4, 0.5) is 11.4 Å². The molecule has 3 N–H and O–H groups in total. The number of nitriles is 1. The van der Waals surface area contributed by atoms with Crippen LogP contribution in [0.5, 0.6) is 0 Å². The van der Waals surface area contributed by atoms with Crippen LogP contribution in [-0.4, -0.2) is 22.3 Å². The molecule has 86 valence electrons. The Balaban J connectivity index is 2.55. The largest absolute Gasteiger partial charge is 0.398 e. The van der Waals surface area contributed by atoms with Gasteiger partial charge in [0.2, 0.25) is 0 Å². The van der Waals surface area contributed by atoms with Crippen molar-refractivity contribution in [1.82, 2.24) is 0 Å². The van der Waals surface area contributed by atoms with Gasteiger partial charge in [-0.2, -0.15) is 5.26 Å². The molecule has 0 aliphatic rings. The average Bonchev–Trinajstić information content (AvgIpc) is 2.31. The first-order valence-corrected chi connectivity index (χ1v) is 6.54. The number of anilines is 2. The predicted molar refractivity (Wildman–Crippen MR) is 67.6 cm³/mol. The molecule has 16 heavy (non-hydrogen) atoms. The predicted octanol–water partition coefficient (Wildman–Crippen LogP) is 1.32. The summed E-state index contributed by atoms with van der Waals surface area (Å²) < 4.78 is 11.2. The molecule has 1 atom stereocenters. The normalized spacial score (nSPS) is 11.8. The number of nitrogens with zero attached hydrogens (tertiary/aromatic N) is 1. The Morgan fingerprint density at radius 3 is 2.94 bits per heavy atom. The van der Waals surface area contributed by atoms with E-state index in [1.165, 1.54) is 0 Å². The van der Waals surface area contributed by atoms with E-state index in [0.29, 0.717) is 29.3 Å². The van der Waals surface area contributed by atoms with Crippen LogP contribution >= 0.6 is 0 Å². The van der Waals surface area contributed by atoms with E-state index in [0.717, 1.165) is 5.69 Å². The van der Waals surface area contributed by atoms with Crippen LogP contribution in [0.3, 0.4) is 0 Å². The molecule has 1 aromatic rings. The van der Waals surface area contributed by atoms with E-state index in [2.05, 4.69) is 5.32 Å². The van der Waals surface area contributed by atoms with E-state index in [4.69, 9.17) is 11.0 Å². The zero-order chi connectivity index (χ0) is 12.0. The number of rotatable bonds is 5. The van der Waals surface area contributed by atoms with E-state index in [-0.39, 0.29) is 0 Å². The van der Waals surface area contributed by atoms with Gasteiger partial charge in [-0.15, -0.1) is 0 Å². The summed E-state index contributed by atoms with van der Waals surface area (Å²) in [4.78, 5) is 0. The molecule has 0 bridgehead atoms. The lowest BCUT2D eigenvalue weighted by Gasteiger charge is -2.07. The van der Waals surface area contributed by atoms with Crippen molar-refractivity contribution in [2.45, 2.75) is 6.92 Å². The van der Waals surface area contributed by atoms with E-state index < -0.39 is 10.8 Å². The van der Waals surface area contributed by atoms with Crippen molar-refractivity contribution in [2.75, 3.05) is 29.1 Å². The van der Waals surface area contributed by atoms with E-state index >= 15 is 0 Å². The van der Waals surface area contributed by atoms with Crippen molar-refractivity contribution in [1.29, 1.82) is 5.26 Å². The Labute approximate surface area is 97.9 Å². The zero-order valence-electron chi connectivity index (χ0n) is 9.19. The minimum Gasteiger partial charge on any atom is -0.398 e. The fourth-order valence-electron chi connectivity index (χ4n) is 1.22. The summed E-state index contributed by atoms with van der Waals surface area (Å²) >= 11 is 0. The van der Waals surface area contributed by atoms with Gasteiger partial charge < -0.3 is 11.1 Å². The van der Waals surface area contributed by atoms with Crippen molar-refractivity contribution in [3.8, 4) is 6.07 Å². The summed E-state index contributed by atoms with van der Waals surface area (Å²) in [7, 11) is -0.764. The van der Waals surface area contributed by atoms with Crippen molar-refractivity contribution in [2.24, 2.45) is 0 Å². The number of nitrogens with two attached hydrogens (primary N) is 1. The minimum atomic E-state index is -0.764. The molecule has 1 aromatic carbocycles. The molecule has 0 fully saturated rings. The Hall–Kier alpha value is -1.54. The van der Waals surface area contributed by atoms with Crippen LogP contribution in [0, 0.1) is 11.3 Å². The second-order valence-electron chi connectivity index (χ2n) is 3.27. The highest BCUT2D eigenvalue weighted by Crippen LogP contribution is 2.16. The van der Waals surface area contributed by atoms with E-state index in [1.807, 2.05) is 19.1 Å². The monoisotopic (exact) mass is 237 g/mol. The van der Waals surface area contributed by atoms with Gasteiger partial charge in [-0.3, -0.25) is 4.21 Å². The van der Waals surface area contributed by atoms with Crippen LogP contribution in [-0.2, 0) is 10.8 Å². The first-order valence-electron chi connectivity index (χ1n) is 5.05. The van der Waals surface area contributed by atoms with Crippen LogP contribution in [0.15, 0.2) is 18.2 Å². The Morgan fingerprint density at radius 2 is 2.31 bits per heavy atom. The Kier molecular flexibility index (Phi) is 4.80. The standard InChI is InChI=1S/C11H15N3OS/c1-2-16(15)6-5-14-10-3-4-11(13)9(7-10)8-12/h3-4,7,14H,2,5-6,13H2,1H3. The molecule has 0 aliphatic carbocycles. The summed E-state index contributed by atoms with van der Waals surface area (Å²) in [5.41, 5.74) is 7.37. The van der Waals surface area contributed by atoms with Crippen molar-refractivity contribution in [3.05, 3.63) is 23.8 Å². The number of nitrogen functional groups attached to an aromatic ring is 1. The molecule has 5 heteroatoms. The molecule has 0 heterocycles. The molecule has 0 spiro atoms. The summed E-state index contributed by atoms with van der Waals surface area (Å²) in [6, 6.07) is 7.22. The van der Waals surface area contributed by atoms with Gasteiger partial charge in [0, 0.05) is 40.2 Å². The van der Waals surface area contributed by atoms with Crippen molar-refractivity contribution >= 4 is 22.2 Å². The first-order chi connectivity index (χ1) is 7.67. The lowest BCUT2D eigenvalue weighted by Crippen LogP contribution is -2.12. The quantitative estimate of drug-likeness (QED) is 0.757. The third-order valence-corrected chi connectivity index (χ3v) is 3.46. The molecule has 0 radical (unpaired) electrons. The maximum atomic E-state index is 11.2. The van der Waals surface area contributed by atoms with Gasteiger partial charge >= 0.3 is 0 Å². The maximum Gasteiger partial charge on any atom is 0.101 e. The van der Waals surface area contributed by atoms with E-state index in [1.54, 1.807) is 12.1 Å². The van der Waals surface area contributed by atoms with Crippen LogP contribution in [0.2, 0.25) is 0 Å². The third-order valence-electron chi connectivity index (χ3n) is 2.15. The summed E-state index contributed by atoms with van der Waals surface area (Å²) in [6.07, 6.45) is 0. The molecule has 0 saturated carbocycles. The molecule has 0 aromatic heterocycles. The van der Waals surface area contributed by atoms with Gasteiger partial charge in [-0.05, 0) is 18.2 Å². The number of benzene rings is 1. The van der Waals surface area contributed by atoms with Gasteiger partial charge in [0.25, 0.3) is 0 Å². The molecule has 0 aliphatic heterocycles. The fourth-order valence-corrected chi connectivity index (χ4v) is 1.84. The topological polar surface area (TPSA) is 78.9 Å². The number of nitrogens with one attached hydrogen (secondary N) is 1. The molecular formula is C11H15N3OS. The second-order valence-corrected chi connectivity index (χ2v) is 5.14. The SMILES string of the molecule is CCS(=O)CCNc1ccc(N)c(C#N)c1. The van der Waals surface area contributed by atoms with Crippen molar-refractivity contribution < 1.29 is 4.21 Å². The summed E-state index contributed by atoms with van der Waals surface area (Å²) in [5.74, 6) is 1.29. The second kappa shape index (κ2) is 6.13. The van der Waals surface area contributed by atoms with Gasteiger partial charge in [0.1, 0.15) is 6.07 Å². The average molecular weight is 237 g/mol. The van der Waals surface area contributed by atoms with Gasteiger partial charge in [-0.25, -0.2) is 0 Å². The van der Waals surface area contributed by atoms with Gasteiger partial charge in [-0.1, -0.05) is 6.92 Å². The van der Waals surface area contributed by atoms with Gasteiger partial charge in [0.15, 0.2) is 0 Å². The zero-order valence-corrected chi connectivity index (χ0v) is 10.0. The highest BCUT2D eigenvalue weighted by molar-refractivity contribution is 7.84. The Bertz CT molecular complexity index is 426. The summed E-state index contributed by atoms with van der Waals surface area (Å²) in [6.45, 7) is 2.53. The highest BCUT2D eigenvalue weighted by Gasteiger charge is 2.00. The molecular weight excluding hydrogens is 222 g/mol. The summed E-state index contributed by atoms with van der Waals surface area (Å²) in [5, 5.41) is 11.9. The smallest absolute Gasteiger partial charge is 0.101 e. The minimum absolute atomic E-state index is 0.460. The van der Waals surface area contributed by atoms with E-state index in [9.17, 15) is 4.21 Å². The van der Waals surface area contributed by atoms with Crippen LogP contribution < -0.4 is 11.1 Å².